The molecule has 4 heteroatoms. The maximum atomic E-state index is 10.7. The van der Waals surface area contributed by atoms with E-state index in [-0.39, 0.29) is 12.1 Å². The molecule has 2 aromatic rings. The summed E-state index contributed by atoms with van der Waals surface area (Å²) in [5.41, 5.74) is 1.77. The van der Waals surface area contributed by atoms with Crippen molar-refractivity contribution in [1.29, 1.82) is 0 Å². The molecule has 0 saturated carbocycles. The van der Waals surface area contributed by atoms with Crippen molar-refractivity contribution in [3.05, 3.63) is 69.7 Å². The number of aliphatic hydroxyl groups is 1. The molecule has 2 rings (SSSR count). The molecule has 21 heavy (non-hydrogen) atoms. The normalized spacial score (nSPS) is 14.2. The number of hydrogen-bond donors (Lipinski definition) is 2. The molecule has 0 aliphatic heterocycles. The summed E-state index contributed by atoms with van der Waals surface area (Å²) in [5, 5.41) is 15.4. The Bertz CT molecular complexity index is 584. The van der Waals surface area contributed by atoms with Crippen LogP contribution < -0.4 is 5.32 Å². The van der Waals surface area contributed by atoms with Gasteiger partial charge in [-0.05, 0) is 35.4 Å². The Morgan fingerprint density at radius 1 is 0.905 bits per heavy atom. The lowest BCUT2D eigenvalue weighted by molar-refractivity contribution is 0.124. The Hall–Kier alpha value is -1.06. The second-order valence-corrected chi connectivity index (χ2v) is 6.22. The highest BCUT2D eigenvalue weighted by atomic mass is 35.5. The van der Waals surface area contributed by atoms with Gasteiger partial charge in [-0.15, -0.1) is 0 Å². The molecule has 2 N–H and O–H groups in total. The molecular formula is C17H19Cl2NO. The largest absolute Gasteiger partial charge is 0.386 e. The quantitative estimate of drug-likeness (QED) is 0.830. The van der Waals surface area contributed by atoms with Gasteiger partial charge in [0.15, 0.2) is 0 Å². The van der Waals surface area contributed by atoms with Crippen LogP contribution in [0.5, 0.6) is 0 Å². The summed E-state index contributed by atoms with van der Waals surface area (Å²) in [4.78, 5) is 0. The molecule has 112 valence electrons. The van der Waals surface area contributed by atoms with Gasteiger partial charge in [-0.1, -0.05) is 61.3 Å². The Kier molecular flexibility index (Phi) is 5.65. The maximum Gasteiger partial charge on any atom is 0.0985 e. The van der Waals surface area contributed by atoms with Gasteiger partial charge in [0, 0.05) is 16.1 Å². The highest BCUT2D eigenvalue weighted by molar-refractivity contribution is 6.30. The van der Waals surface area contributed by atoms with E-state index in [0.717, 1.165) is 11.1 Å². The van der Waals surface area contributed by atoms with Gasteiger partial charge >= 0.3 is 0 Å². The van der Waals surface area contributed by atoms with Crippen molar-refractivity contribution in [1.82, 2.24) is 5.32 Å². The molecule has 0 unspecified atom stereocenters. The van der Waals surface area contributed by atoms with Gasteiger partial charge < -0.3 is 10.4 Å². The number of hydrogen-bond acceptors (Lipinski definition) is 2. The lowest BCUT2D eigenvalue weighted by Crippen LogP contribution is -2.32. The summed E-state index contributed by atoms with van der Waals surface area (Å²) < 4.78 is 0. The minimum atomic E-state index is -0.688. The molecular weight excluding hydrogens is 305 g/mol. The minimum absolute atomic E-state index is 0.222. The van der Waals surface area contributed by atoms with Crippen LogP contribution in [0.3, 0.4) is 0 Å². The predicted molar refractivity (Wildman–Crippen MR) is 88.9 cm³/mol. The van der Waals surface area contributed by atoms with Gasteiger partial charge in [0.25, 0.3) is 0 Å². The van der Waals surface area contributed by atoms with Gasteiger partial charge in [-0.3, -0.25) is 0 Å². The van der Waals surface area contributed by atoms with Crippen molar-refractivity contribution in [3.8, 4) is 0 Å². The topological polar surface area (TPSA) is 32.3 Å². The molecule has 2 aromatic carbocycles. The molecule has 0 radical (unpaired) electrons. The van der Waals surface area contributed by atoms with E-state index in [2.05, 4.69) is 5.32 Å². The van der Waals surface area contributed by atoms with Crippen LogP contribution >= 0.6 is 23.2 Å². The highest BCUT2D eigenvalue weighted by Crippen LogP contribution is 2.31. The van der Waals surface area contributed by atoms with E-state index >= 15 is 0 Å². The molecule has 0 aliphatic rings. The summed E-state index contributed by atoms with van der Waals surface area (Å²) in [7, 11) is 0. The van der Waals surface area contributed by atoms with Crippen LogP contribution in [0.25, 0.3) is 0 Å². The lowest BCUT2D eigenvalue weighted by atomic mass is 9.95. The first kappa shape index (κ1) is 16.3. The Morgan fingerprint density at radius 3 is 2.14 bits per heavy atom. The fourth-order valence-electron chi connectivity index (χ4n) is 2.28. The molecule has 0 bridgehead atoms. The molecule has 0 spiro atoms. The zero-order chi connectivity index (χ0) is 15.4. The Balaban J connectivity index is 2.33. The summed E-state index contributed by atoms with van der Waals surface area (Å²) >= 11 is 12.0. The molecule has 2 atom stereocenters. The van der Waals surface area contributed by atoms with Crippen molar-refractivity contribution >= 4 is 23.2 Å². The number of rotatable bonds is 5. The van der Waals surface area contributed by atoms with E-state index in [0.29, 0.717) is 10.0 Å². The van der Waals surface area contributed by atoms with Crippen LogP contribution in [0, 0.1) is 0 Å². The zero-order valence-electron chi connectivity index (χ0n) is 12.1. The Morgan fingerprint density at radius 2 is 1.57 bits per heavy atom. The summed E-state index contributed by atoms with van der Waals surface area (Å²) in [6, 6.07) is 14.8. The number of benzene rings is 2. The average molecular weight is 324 g/mol. The maximum absolute atomic E-state index is 10.7. The summed E-state index contributed by atoms with van der Waals surface area (Å²) in [6.45, 7) is 4.10. The van der Waals surface area contributed by atoms with Gasteiger partial charge in [-0.2, -0.15) is 0 Å². The van der Waals surface area contributed by atoms with Crippen LogP contribution in [0.1, 0.15) is 37.1 Å². The van der Waals surface area contributed by atoms with Crippen LogP contribution in [0.2, 0.25) is 10.0 Å². The van der Waals surface area contributed by atoms with Gasteiger partial charge in [0.05, 0.1) is 12.1 Å². The second-order valence-electron chi connectivity index (χ2n) is 5.35. The molecule has 0 heterocycles. The lowest BCUT2D eigenvalue weighted by Gasteiger charge is -2.27. The molecule has 2 nitrogen and oxygen atoms in total. The van der Waals surface area contributed by atoms with Crippen molar-refractivity contribution in [2.75, 3.05) is 0 Å². The third-order valence-corrected chi connectivity index (χ3v) is 3.74. The minimum Gasteiger partial charge on any atom is -0.386 e. The second kappa shape index (κ2) is 7.28. The number of nitrogens with one attached hydrogen (secondary N) is 1. The van der Waals surface area contributed by atoms with Crippen LogP contribution in [0.15, 0.2) is 48.5 Å². The van der Waals surface area contributed by atoms with Gasteiger partial charge in [-0.25, -0.2) is 0 Å². The predicted octanol–water partition coefficient (Wildman–Crippen LogP) is 4.77. The monoisotopic (exact) mass is 323 g/mol. The van der Waals surface area contributed by atoms with Crippen molar-refractivity contribution < 1.29 is 5.11 Å². The van der Waals surface area contributed by atoms with Crippen molar-refractivity contribution in [2.24, 2.45) is 0 Å². The van der Waals surface area contributed by atoms with Crippen molar-refractivity contribution in [2.45, 2.75) is 32.0 Å². The van der Waals surface area contributed by atoms with E-state index < -0.39 is 6.10 Å². The van der Waals surface area contributed by atoms with Gasteiger partial charge in [0.1, 0.15) is 0 Å². The Labute approximate surface area is 135 Å². The van der Waals surface area contributed by atoms with Crippen LogP contribution in [-0.2, 0) is 0 Å². The van der Waals surface area contributed by atoms with E-state index in [9.17, 15) is 5.11 Å². The molecule has 0 saturated heterocycles. The standard InChI is InChI=1S/C17H19Cl2NO/c1-11(2)20-16(12-6-8-14(18)9-7-12)17(21)13-4-3-5-15(19)10-13/h3-11,16-17,20-21H,1-2H3/t16-,17-/m1/s1. The number of aliphatic hydroxyl groups excluding tert-OH is 1. The molecule has 0 aliphatic carbocycles. The number of halogens is 2. The smallest absolute Gasteiger partial charge is 0.0985 e. The first-order valence-electron chi connectivity index (χ1n) is 6.92. The van der Waals surface area contributed by atoms with E-state index in [1.54, 1.807) is 12.1 Å². The SMILES string of the molecule is CC(C)N[C@H](c1ccc(Cl)cc1)[C@H](O)c1cccc(Cl)c1. The highest BCUT2D eigenvalue weighted by Gasteiger charge is 2.23. The first-order chi connectivity index (χ1) is 9.97. The fourth-order valence-corrected chi connectivity index (χ4v) is 2.61. The summed E-state index contributed by atoms with van der Waals surface area (Å²) in [5.74, 6) is 0. The van der Waals surface area contributed by atoms with Crippen LogP contribution in [-0.4, -0.2) is 11.1 Å². The molecule has 0 amide bonds. The van der Waals surface area contributed by atoms with Crippen LogP contribution in [0.4, 0.5) is 0 Å². The fraction of sp³-hybridized carbons (Fsp3) is 0.294. The van der Waals surface area contributed by atoms with E-state index in [1.165, 1.54) is 0 Å². The molecule has 0 fully saturated rings. The van der Waals surface area contributed by atoms with Crippen molar-refractivity contribution in [3.63, 3.8) is 0 Å². The third kappa shape index (κ3) is 4.45. The van der Waals surface area contributed by atoms with E-state index in [4.69, 9.17) is 23.2 Å². The summed E-state index contributed by atoms with van der Waals surface area (Å²) in [6.07, 6.45) is -0.688. The van der Waals surface area contributed by atoms with E-state index in [1.807, 2.05) is 50.2 Å². The third-order valence-electron chi connectivity index (χ3n) is 3.25. The van der Waals surface area contributed by atoms with Gasteiger partial charge in [0.2, 0.25) is 0 Å². The first-order valence-corrected chi connectivity index (χ1v) is 7.68. The average Bonchev–Trinajstić information content (AvgIpc) is 2.45. The molecule has 0 aromatic heterocycles. The zero-order valence-corrected chi connectivity index (χ0v) is 13.6.